The summed E-state index contributed by atoms with van der Waals surface area (Å²) in [6, 6.07) is 7.57. The van der Waals surface area contributed by atoms with Gasteiger partial charge in [0.05, 0.1) is 18.6 Å². The van der Waals surface area contributed by atoms with E-state index in [0.717, 1.165) is 32.2 Å². The number of methoxy groups -OCH3 is 1. The predicted molar refractivity (Wildman–Crippen MR) is 153 cm³/mol. The molecule has 1 aliphatic rings. The largest absolute Gasteiger partial charge is 0.497 e. The number of amides is 1. The summed E-state index contributed by atoms with van der Waals surface area (Å²) < 4.78 is 38.5. The highest BCUT2D eigenvalue weighted by atomic mass is 32.2. The van der Waals surface area contributed by atoms with Crippen LogP contribution in [0.25, 0.3) is 0 Å². The monoisotopic (exact) mass is 560 g/mol. The van der Waals surface area contributed by atoms with Gasteiger partial charge in [0.25, 0.3) is 0 Å². The van der Waals surface area contributed by atoms with Crippen molar-refractivity contribution in [2.45, 2.75) is 49.8 Å². The van der Waals surface area contributed by atoms with E-state index in [1.807, 2.05) is 17.2 Å². The van der Waals surface area contributed by atoms with Crippen LogP contribution in [0.1, 0.15) is 42.4 Å². The van der Waals surface area contributed by atoms with Gasteiger partial charge in [-0.3, -0.25) is 9.78 Å². The second kappa shape index (κ2) is 13.7. The standard InChI is InChI=1S/C29H44N4O5S/c1-23-19-26(37-6)20-24(2)28(23)39(35,36)32(5)17-18-38-22-27(34)33-15-11-29(12-16-33,10-8-14-31(3)4)25-9-7-13-30-21-25/h7,9,13,19-21H,8,10-12,14-18,22H2,1-6H3. The number of carbonyl (C=O) groups excluding carboxylic acids is 1. The number of aromatic nitrogens is 1. The van der Waals surface area contributed by atoms with Crippen LogP contribution in [0, 0.1) is 13.8 Å². The van der Waals surface area contributed by atoms with Crippen molar-refractivity contribution >= 4 is 15.9 Å². The summed E-state index contributed by atoms with van der Waals surface area (Å²) in [4.78, 5) is 21.6. The SMILES string of the molecule is COc1cc(C)c(S(=O)(=O)N(C)CCOCC(=O)N2CCC(CCCN(C)C)(c3cccnc3)CC2)c(C)c1. The van der Waals surface area contributed by atoms with E-state index >= 15 is 0 Å². The molecular formula is C29H44N4O5S. The van der Waals surface area contributed by atoms with E-state index in [0.29, 0.717) is 30.0 Å². The quantitative estimate of drug-likeness (QED) is 0.347. The highest BCUT2D eigenvalue weighted by molar-refractivity contribution is 7.89. The first kappa shape index (κ1) is 31.0. The minimum absolute atomic E-state index is 0.0245. The molecule has 10 heteroatoms. The van der Waals surface area contributed by atoms with Gasteiger partial charge in [-0.2, -0.15) is 4.31 Å². The van der Waals surface area contributed by atoms with Crippen LogP contribution in [0.5, 0.6) is 5.75 Å². The number of likely N-dealkylation sites (N-methyl/N-ethyl adjacent to an activating group) is 1. The van der Waals surface area contributed by atoms with Gasteiger partial charge < -0.3 is 19.3 Å². The Balaban J connectivity index is 1.51. The number of carbonyl (C=O) groups is 1. The van der Waals surface area contributed by atoms with Crippen LogP contribution >= 0.6 is 0 Å². The molecule has 0 N–H and O–H groups in total. The molecule has 3 rings (SSSR count). The fraction of sp³-hybridized carbons (Fsp3) is 0.586. The Bertz CT molecular complexity index is 1170. The molecule has 0 saturated carbocycles. The summed E-state index contributed by atoms with van der Waals surface area (Å²) in [5, 5.41) is 0. The van der Waals surface area contributed by atoms with Gasteiger partial charge in [0.2, 0.25) is 15.9 Å². The Morgan fingerprint density at radius 3 is 2.33 bits per heavy atom. The third-order valence-corrected chi connectivity index (χ3v) is 9.88. The molecule has 1 aliphatic heterocycles. The number of rotatable bonds is 13. The third kappa shape index (κ3) is 7.78. The highest BCUT2D eigenvalue weighted by Gasteiger charge is 2.37. The first-order valence-corrected chi connectivity index (χ1v) is 15.0. The number of sulfonamides is 1. The summed E-state index contributed by atoms with van der Waals surface area (Å²) in [7, 11) is 3.56. The molecule has 1 saturated heterocycles. The Labute approximate surface area is 234 Å². The summed E-state index contributed by atoms with van der Waals surface area (Å²) in [5.41, 5.74) is 2.53. The Kier molecular flexibility index (Phi) is 10.9. The van der Waals surface area contributed by atoms with Gasteiger partial charge in [-0.25, -0.2) is 8.42 Å². The van der Waals surface area contributed by atoms with E-state index < -0.39 is 10.0 Å². The first-order chi connectivity index (χ1) is 18.5. The number of hydrogen-bond acceptors (Lipinski definition) is 7. The molecule has 2 aromatic rings. The zero-order valence-corrected chi connectivity index (χ0v) is 25.1. The third-order valence-electron chi connectivity index (χ3n) is 7.72. The van der Waals surface area contributed by atoms with E-state index in [1.54, 1.807) is 39.3 Å². The van der Waals surface area contributed by atoms with Crippen molar-refractivity contribution < 1.29 is 22.7 Å². The lowest BCUT2D eigenvalue weighted by Gasteiger charge is -2.42. The Morgan fingerprint density at radius 2 is 1.77 bits per heavy atom. The van der Waals surface area contributed by atoms with Crippen LogP contribution in [-0.2, 0) is 25.0 Å². The average molecular weight is 561 g/mol. The molecule has 1 fully saturated rings. The second-order valence-corrected chi connectivity index (χ2v) is 12.8. The maximum Gasteiger partial charge on any atom is 0.248 e. The molecule has 0 radical (unpaired) electrons. The number of ether oxygens (including phenoxy) is 2. The van der Waals surface area contributed by atoms with Crippen LogP contribution in [0.2, 0.25) is 0 Å². The molecular weight excluding hydrogens is 516 g/mol. The molecule has 0 spiro atoms. The average Bonchev–Trinajstić information content (AvgIpc) is 2.90. The zero-order valence-electron chi connectivity index (χ0n) is 24.3. The number of piperidine rings is 1. The van der Waals surface area contributed by atoms with Crippen molar-refractivity contribution in [2.24, 2.45) is 0 Å². The molecule has 0 bridgehead atoms. The smallest absolute Gasteiger partial charge is 0.248 e. The number of likely N-dealkylation sites (tertiary alicyclic amines) is 1. The van der Waals surface area contributed by atoms with Crippen molar-refractivity contribution in [1.29, 1.82) is 0 Å². The second-order valence-electron chi connectivity index (χ2n) is 10.8. The van der Waals surface area contributed by atoms with Crippen molar-refractivity contribution in [3.8, 4) is 5.75 Å². The van der Waals surface area contributed by atoms with Gasteiger partial charge in [0.15, 0.2) is 0 Å². The van der Waals surface area contributed by atoms with Gasteiger partial charge in [-0.15, -0.1) is 0 Å². The molecule has 1 aromatic heterocycles. The normalized spacial score (nSPS) is 15.6. The molecule has 1 amide bonds. The number of pyridine rings is 1. The molecule has 9 nitrogen and oxygen atoms in total. The maximum atomic E-state index is 13.2. The maximum absolute atomic E-state index is 13.2. The number of hydrogen-bond donors (Lipinski definition) is 0. The lowest BCUT2D eigenvalue weighted by Crippen LogP contribution is -2.46. The van der Waals surface area contributed by atoms with Crippen LogP contribution in [0.4, 0.5) is 0 Å². The lowest BCUT2D eigenvalue weighted by molar-refractivity contribution is -0.137. The molecule has 0 aliphatic carbocycles. The molecule has 0 unspecified atom stereocenters. The minimum atomic E-state index is -3.70. The van der Waals surface area contributed by atoms with Crippen LogP contribution < -0.4 is 4.74 Å². The fourth-order valence-electron chi connectivity index (χ4n) is 5.43. The molecule has 216 valence electrons. The first-order valence-electron chi connectivity index (χ1n) is 13.5. The van der Waals surface area contributed by atoms with Gasteiger partial charge >= 0.3 is 0 Å². The van der Waals surface area contributed by atoms with Crippen LogP contribution in [0.15, 0.2) is 41.6 Å². The van der Waals surface area contributed by atoms with Crippen molar-refractivity contribution in [2.75, 3.05) is 67.6 Å². The summed E-state index contributed by atoms with van der Waals surface area (Å²) in [6.45, 7) is 6.11. The fourth-order valence-corrected chi connectivity index (χ4v) is 6.99. The zero-order chi connectivity index (χ0) is 28.6. The summed E-state index contributed by atoms with van der Waals surface area (Å²) >= 11 is 0. The van der Waals surface area contributed by atoms with E-state index in [4.69, 9.17) is 9.47 Å². The van der Waals surface area contributed by atoms with Gasteiger partial charge in [0.1, 0.15) is 12.4 Å². The minimum Gasteiger partial charge on any atom is -0.497 e. The molecule has 0 atom stereocenters. The summed E-state index contributed by atoms with van der Waals surface area (Å²) in [6.07, 6.45) is 7.69. The van der Waals surface area contributed by atoms with E-state index in [9.17, 15) is 13.2 Å². The van der Waals surface area contributed by atoms with E-state index in [2.05, 4.69) is 30.0 Å². The van der Waals surface area contributed by atoms with Crippen LogP contribution in [0.3, 0.4) is 0 Å². The van der Waals surface area contributed by atoms with Gasteiger partial charge in [-0.05, 0) is 95.1 Å². The van der Waals surface area contributed by atoms with E-state index in [1.165, 1.54) is 16.9 Å². The molecule has 39 heavy (non-hydrogen) atoms. The highest BCUT2D eigenvalue weighted by Crippen LogP contribution is 2.39. The predicted octanol–water partition coefficient (Wildman–Crippen LogP) is 3.25. The number of nitrogens with zero attached hydrogens (tertiary/aromatic N) is 4. The topological polar surface area (TPSA) is 92.3 Å². The van der Waals surface area contributed by atoms with E-state index in [-0.39, 0.29) is 36.0 Å². The molecule has 1 aromatic carbocycles. The van der Waals surface area contributed by atoms with Crippen molar-refractivity contribution in [3.63, 3.8) is 0 Å². The summed E-state index contributed by atoms with van der Waals surface area (Å²) in [5.74, 6) is 0.563. The Morgan fingerprint density at radius 1 is 1.10 bits per heavy atom. The van der Waals surface area contributed by atoms with Gasteiger partial charge in [0, 0.05) is 44.5 Å². The molecule has 2 heterocycles. The number of aryl methyl sites for hydroxylation is 2. The number of benzene rings is 1. The van der Waals surface area contributed by atoms with Crippen LogP contribution in [-0.4, -0.2) is 101 Å². The van der Waals surface area contributed by atoms with Crippen molar-refractivity contribution in [1.82, 2.24) is 19.1 Å². The van der Waals surface area contributed by atoms with Gasteiger partial charge in [-0.1, -0.05) is 6.07 Å². The Hall–Kier alpha value is -2.53. The lowest BCUT2D eigenvalue weighted by atomic mass is 9.70. The van der Waals surface area contributed by atoms with Crippen molar-refractivity contribution in [3.05, 3.63) is 53.3 Å².